The summed E-state index contributed by atoms with van der Waals surface area (Å²) in [6, 6.07) is 0. The third kappa shape index (κ3) is 3.86. The van der Waals surface area contributed by atoms with Crippen molar-refractivity contribution in [3.05, 3.63) is 38.4 Å². The normalized spacial score (nSPS) is 10.8. The van der Waals surface area contributed by atoms with E-state index in [4.69, 9.17) is 11.6 Å². The van der Waals surface area contributed by atoms with Crippen LogP contribution in [0.2, 0.25) is 5.02 Å². The van der Waals surface area contributed by atoms with Gasteiger partial charge in [-0.1, -0.05) is 11.6 Å². The van der Waals surface area contributed by atoms with Crippen molar-refractivity contribution >= 4 is 23.2 Å². The fourth-order valence-corrected chi connectivity index (χ4v) is 2.40. The van der Waals surface area contributed by atoms with Gasteiger partial charge in [-0.15, -0.1) is 0 Å². The highest BCUT2D eigenvalue weighted by Crippen LogP contribution is 2.21. The van der Waals surface area contributed by atoms with E-state index in [1.54, 1.807) is 27.0 Å². The van der Waals surface area contributed by atoms with E-state index in [0.717, 1.165) is 0 Å². The van der Waals surface area contributed by atoms with Crippen molar-refractivity contribution in [2.45, 2.75) is 33.9 Å². The first-order valence-corrected chi connectivity index (χ1v) is 7.32. The second-order valence-electron chi connectivity index (χ2n) is 5.11. The molecule has 0 fully saturated rings. The van der Waals surface area contributed by atoms with E-state index in [2.05, 4.69) is 15.5 Å². The third-order valence-electron chi connectivity index (χ3n) is 3.36. The number of aromatic nitrogens is 4. The van der Waals surface area contributed by atoms with Crippen molar-refractivity contribution in [3.8, 4) is 0 Å². The molecule has 0 bridgehead atoms. The van der Waals surface area contributed by atoms with Gasteiger partial charge in [0.05, 0.1) is 22.2 Å². The highest BCUT2D eigenvalue weighted by molar-refractivity contribution is 6.31. The molecule has 23 heavy (non-hydrogen) atoms. The van der Waals surface area contributed by atoms with Gasteiger partial charge >= 0.3 is 5.69 Å². The number of hydrogen-bond acceptors (Lipinski definition) is 5. The van der Waals surface area contributed by atoms with Crippen molar-refractivity contribution in [2.75, 3.05) is 6.54 Å². The Balaban J connectivity index is 1.88. The van der Waals surface area contributed by atoms with Gasteiger partial charge < -0.3 is 5.32 Å². The number of carbonyl (C=O) groups excluding carboxylic acids is 1. The molecular formula is C13H17ClN6O3. The number of carbonyl (C=O) groups is 1. The van der Waals surface area contributed by atoms with E-state index in [1.807, 2.05) is 0 Å². The quantitative estimate of drug-likeness (QED) is 0.631. The summed E-state index contributed by atoms with van der Waals surface area (Å²) in [7, 11) is 0. The molecule has 0 saturated carbocycles. The van der Waals surface area contributed by atoms with Gasteiger partial charge in [0.15, 0.2) is 0 Å². The molecule has 0 saturated heterocycles. The number of rotatable bonds is 6. The fraction of sp³-hybridized carbons (Fsp3) is 0.462. The summed E-state index contributed by atoms with van der Waals surface area (Å²) in [4.78, 5) is 22.3. The first kappa shape index (κ1) is 16.9. The summed E-state index contributed by atoms with van der Waals surface area (Å²) in [6.45, 7) is 5.70. The maximum atomic E-state index is 11.8. The van der Waals surface area contributed by atoms with Gasteiger partial charge in [-0.05, 0) is 20.8 Å². The van der Waals surface area contributed by atoms with E-state index in [0.29, 0.717) is 35.2 Å². The number of nitro groups is 1. The molecule has 2 aromatic rings. The molecule has 9 nitrogen and oxygen atoms in total. The van der Waals surface area contributed by atoms with Crippen LogP contribution in [0.25, 0.3) is 0 Å². The molecule has 1 N–H and O–H groups in total. The van der Waals surface area contributed by atoms with Crippen molar-refractivity contribution in [1.82, 2.24) is 24.9 Å². The second kappa shape index (κ2) is 6.78. The van der Waals surface area contributed by atoms with Gasteiger partial charge in [0.25, 0.3) is 0 Å². The van der Waals surface area contributed by atoms with Gasteiger partial charge in [-0.3, -0.25) is 24.3 Å². The molecule has 0 unspecified atom stereocenters. The number of aryl methyl sites for hydroxylation is 2. The lowest BCUT2D eigenvalue weighted by molar-refractivity contribution is -0.386. The molecule has 0 aliphatic rings. The molecular weight excluding hydrogens is 324 g/mol. The van der Waals surface area contributed by atoms with Crippen molar-refractivity contribution in [1.29, 1.82) is 0 Å². The Kier molecular flexibility index (Phi) is 4.99. The average molecular weight is 341 g/mol. The number of nitrogens with one attached hydrogen (secondary N) is 1. The molecule has 0 aliphatic carbocycles. The lowest BCUT2D eigenvalue weighted by Gasteiger charge is -2.06. The predicted molar refractivity (Wildman–Crippen MR) is 83.3 cm³/mol. The molecule has 10 heteroatoms. The first-order chi connectivity index (χ1) is 10.8. The highest BCUT2D eigenvalue weighted by atomic mass is 35.5. The first-order valence-electron chi connectivity index (χ1n) is 6.94. The Morgan fingerprint density at radius 3 is 2.57 bits per heavy atom. The van der Waals surface area contributed by atoms with Crippen molar-refractivity contribution < 1.29 is 9.72 Å². The molecule has 1 amide bonds. The van der Waals surface area contributed by atoms with Crippen molar-refractivity contribution in [3.63, 3.8) is 0 Å². The summed E-state index contributed by atoms with van der Waals surface area (Å²) >= 11 is 5.88. The number of nitrogens with zero attached hydrogens (tertiary/aromatic N) is 5. The zero-order chi connectivity index (χ0) is 17.1. The van der Waals surface area contributed by atoms with E-state index >= 15 is 0 Å². The minimum atomic E-state index is -0.448. The van der Waals surface area contributed by atoms with Crippen LogP contribution in [0, 0.1) is 30.9 Å². The molecule has 2 aromatic heterocycles. The largest absolute Gasteiger partial charge is 0.353 e. The molecule has 0 spiro atoms. The Hall–Kier alpha value is -2.42. The van der Waals surface area contributed by atoms with Crippen LogP contribution < -0.4 is 5.32 Å². The molecule has 0 aliphatic heterocycles. The molecule has 124 valence electrons. The summed E-state index contributed by atoms with van der Waals surface area (Å²) in [5.74, 6) is -0.222. The minimum absolute atomic E-state index is 0.0120. The maximum Gasteiger partial charge on any atom is 0.312 e. The van der Waals surface area contributed by atoms with E-state index in [1.165, 1.54) is 9.36 Å². The van der Waals surface area contributed by atoms with E-state index in [9.17, 15) is 14.9 Å². The lowest BCUT2D eigenvalue weighted by atomic mass is 10.3. The maximum absolute atomic E-state index is 11.8. The minimum Gasteiger partial charge on any atom is -0.353 e. The SMILES string of the molecule is Cc1nn(CC(=O)NCCn2nc(C)c([N+](=O)[O-])c2C)cc1Cl. The van der Waals surface area contributed by atoms with Gasteiger partial charge in [-0.2, -0.15) is 10.2 Å². The zero-order valence-corrected chi connectivity index (χ0v) is 13.8. The molecule has 2 heterocycles. The van der Waals surface area contributed by atoms with Gasteiger partial charge in [-0.25, -0.2) is 0 Å². The van der Waals surface area contributed by atoms with Gasteiger partial charge in [0.2, 0.25) is 5.91 Å². The number of halogens is 1. The van der Waals surface area contributed by atoms with E-state index in [-0.39, 0.29) is 18.1 Å². The Labute approximate surface area is 137 Å². The third-order valence-corrected chi connectivity index (χ3v) is 3.73. The van der Waals surface area contributed by atoms with Crippen LogP contribution in [-0.4, -0.2) is 36.9 Å². The van der Waals surface area contributed by atoms with Crippen LogP contribution >= 0.6 is 11.6 Å². The Morgan fingerprint density at radius 1 is 1.35 bits per heavy atom. The zero-order valence-electron chi connectivity index (χ0n) is 13.0. The topological polar surface area (TPSA) is 108 Å². The van der Waals surface area contributed by atoms with E-state index < -0.39 is 4.92 Å². The smallest absolute Gasteiger partial charge is 0.312 e. The average Bonchev–Trinajstić information content (AvgIpc) is 2.89. The monoisotopic (exact) mass is 340 g/mol. The van der Waals surface area contributed by atoms with Gasteiger partial charge in [0.1, 0.15) is 17.9 Å². The fourth-order valence-electron chi connectivity index (χ4n) is 2.25. The second-order valence-corrected chi connectivity index (χ2v) is 5.52. The van der Waals surface area contributed by atoms with Crippen LogP contribution in [0.4, 0.5) is 5.69 Å². The molecule has 2 rings (SSSR count). The number of hydrogen-bond donors (Lipinski definition) is 1. The van der Waals surface area contributed by atoms with Crippen LogP contribution in [0.5, 0.6) is 0 Å². The highest BCUT2D eigenvalue weighted by Gasteiger charge is 2.21. The summed E-state index contributed by atoms with van der Waals surface area (Å²) in [5.41, 5.74) is 1.50. The Morgan fingerprint density at radius 2 is 2.04 bits per heavy atom. The lowest BCUT2D eigenvalue weighted by Crippen LogP contribution is -2.31. The summed E-state index contributed by atoms with van der Waals surface area (Å²) < 4.78 is 2.98. The predicted octanol–water partition coefficient (Wildman–Crippen LogP) is 1.38. The van der Waals surface area contributed by atoms with Gasteiger partial charge in [0, 0.05) is 12.7 Å². The van der Waals surface area contributed by atoms with Crippen LogP contribution in [0.15, 0.2) is 6.20 Å². The molecule has 0 radical (unpaired) electrons. The van der Waals surface area contributed by atoms with Crippen LogP contribution in [0.3, 0.4) is 0 Å². The molecule has 0 aromatic carbocycles. The summed E-state index contributed by atoms with van der Waals surface area (Å²) in [5, 5.41) is 22.4. The van der Waals surface area contributed by atoms with Crippen molar-refractivity contribution in [2.24, 2.45) is 0 Å². The van der Waals surface area contributed by atoms with Crippen LogP contribution in [0.1, 0.15) is 17.1 Å². The number of amides is 1. The standard InChI is InChI=1S/C13H17ClN6O3/c1-8-11(14)6-18(16-8)7-12(21)15-4-5-19-10(3)13(20(22)23)9(2)17-19/h6H,4-5,7H2,1-3H3,(H,15,21). The molecule has 0 atom stereocenters. The van der Waals surface area contributed by atoms with Crippen LogP contribution in [-0.2, 0) is 17.9 Å². The summed E-state index contributed by atoms with van der Waals surface area (Å²) in [6.07, 6.45) is 1.58. The Bertz CT molecular complexity index is 732.